The van der Waals surface area contributed by atoms with Crippen molar-refractivity contribution >= 4 is 11.8 Å². The summed E-state index contributed by atoms with van der Waals surface area (Å²) >= 11 is 0. The normalized spacial score (nSPS) is 9.75. The van der Waals surface area contributed by atoms with Crippen molar-refractivity contribution < 1.29 is 9.90 Å². The lowest BCUT2D eigenvalue weighted by Gasteiger charge is -2.10. The molecule has 0 fully saturated rings. The van der Waals surface area contributed by atoms with E-state index < -0.39 is 5.97 Å². The van der Waals surface area contributed by atoms with Gasteiger partial charge in [-0.15, -0.1) is 0 Å². The highest BCUT2D eigenvalue weighted by molar-refractivity contribution is 5.70. The van der Waals surface area contributed by atoms with E-state index in [2.05, 4.69) is 16.4 Å². The topological polar surface area (TPSA) is 86.0 Å². The summed E-state index contributed by atoms with van der Waals surface area (Å²) < 4.78 is 0. The maximum absolute atomic E-state index is 10.8. The van der Waals surface area contributed by atoms with Gasteiger partial charge in [-0.1, -0.05) is 24.3 Å². The lowest BCUT2D eigenvalue weighted by molar-refractivity contribution is -0.136. The molecule has 5 nitrogen and oxygen atoms in total. The van der Waals surface area contributed by atoms with Crippen LogP contribution in [0.1, 0.15) is 16.7 Å². The first-order chi connectivity index (χ1) is 9.70. The predicted octanol–water partition coefficient (Wildman–Crippen LogP) is 2.19. The minimum absolute atomic E-state index is 0.0226. The van der Waals surface area contributed by atoms with Gasteiger partial charge in [-0.2, -0.15) is 5.26 Å². The Morgan fingerprint density at radius 1 is 1.25 bits per heavy atom. The number of nitrogens with one attached hydrogen (secondary N) is 1. The molecule has 0 aliphatic rings. The van der Waals surface area contributed by atoms with Crippen molar-refractivity contribution in [2.45, 2.75) is 13.0 Å². The van der Waals surface area contributed by atoms with Crippen LogP contribution in [0, 0.1) is 11.3 Å². The predicted molar refractivity (Wildman–Crippen MR) is 74.1 cm³/mol. The van der Waals surface area contributed by atoms with Crippen LogP contribution in [-0.2, 0) is 17.8 Å². The SMILES string of the molecule is N#Cc1cccnc1NCc1ccccc1CC(=O)O. The number of carboxylic acids is 1. The van der Waals surface area contributed by atoms with Crippen molar-refractivity contribution in [1.29, 1.82) is 5.26 Å². The number of benzene rings is 1. The fourth-order valence-electron chi connectivity index (χ4n) is 1.88. The fraction of sp³-hybridized carbons (Fsp3) is 0.133. The highest BCUT2D eigenvalue weighted by atomic mass is 16.4. The Morgan fingerprint density at radius 3 is 2.70 bits per heavy atom. The van der Waals surface area contributed by atoms with Gasteiger partial charge >= 0.3 is 5.97 Å². The maximum atomic E-state index is 10.8. The van der Waals surface area contributed by atoms with Crippen molar-refractivity contribution in [3.63, 3.8) is 0 Å². The number of hydrogen-bond donors (Lipinski definition) is 2. The van der Waals surface area contributed by atoms with Crippen molar-refractivity contribution in [3.05, 3.63) is 59.3 Å². The first-order valence-electron chi connectivity index (χ1n) is 6.08. The van der Waals surface area contributed by atoms with Crippen LogP contribution in [0.15, 0.2) is 42.6 Å². The quantitative estimate of drug-likeness (QED) is 0.867. The Kier molecular flexibility index (Phi) is 4.30. The van der Waals surface area contributed by atoms with Crippen LogP contribution >= 0.6 is 0 Å². The van der Waals surface area contributed by atoms with Crippen LogP contribution in [0.3, 0.4) is 0 Å². The highest BCUT2D eigenvalue weighted by Crippen LogP contribution is 2.14. The number of pyridine rings is 1. The van der Waals surface area contributed by atoms with Gasteiger partial charge in [0.25, 0.3) is 0 Å². The van der Waals surface area contributed by atoms with Gasteiger partial charge in [0.2, 0.25) is 0 Å². The zero-order chi connectivity index (χ0) is 14.4. The van der Waals surface area contributed by atoms with E-state index in [1.807, 2.05) is 18.2 Å². The zero-order valence-corrected chi connectivity index (χ0v) is 10.7. The van der Waals surface area contributed by atoms with Gasteiger partial charge in [-0.05, 0) is 23.3 Å². The van der Waals surface area contributed by atoms with Gasteiger partial charge in [-0.25, -0.2) is 4.98 Å². The molecule has 5 heteroatoms. The Hall–Kier alpha value is -2.87. The molecule has 0 aliphatic heterocycles. The Morgan fingerprint density at radius 2 is 2.00 bits per heavy atom. The van der Waals surface area contributed by atoms with Crippen molar-refractivity contribution in [1.82, 2.24) is 4.98 Å². The number of carbonyl (C=O) groups is 1. The van der Waals surface area contributed by atoms with Gasteiger partial charge in [0, 0.05) is 12.7 Å². The number of aromatic nitrogens is 1. The summed E-state index contributed by atoms with van der Waals surface area (Å²) in [6.07, 6.45) is 1.58. The molecule has 0 aliphatic carbocycles. The summed E-state index contributed by atoms with van der Waals surface area (Å²) in [6, 6.07) is 12.7. The molecule has 1 heterocycles. The minimum atomic E-state index is -0.868. The number of nitrogens with zero attached hydrogens (tertiary/aromatic N) is 2. The molecule has 0 radical (unpaired) electrons. The van der Waals surface area contributed by atoms with Crippen LogP contribution in [0.5, 0.6) is 0 Å². The molecule has 2 aromatic rings. The first-order valence-corrected chi connectivity index (χ1v) is 6.08. The second-order valence-corrected chi connectivity index (χ2v) is 4.20. The zero-order valence-electron chi connectivity index (χ0n) is 10.7. The number of hydrogen-bond acceptors (Lipinski definition) is 4. The molecule has 2 rings (SSSR count). The average Bonchev–Trinajstić information content (AvgIpc) is 2.46. The van der Waals surface area contributed by atoms with Crippen molar-refractivity contribution in [3.8, 4) is 6.07 Å². The fourth-order valence-corrected chi connectivity index (χ4v) is 1.88. The Bertz CT molecular complexity index is 662. The number of aliphatic carboxylic acids is 1. The highest BCUT2D eigenvalue weighted by Gasteiger charge is 2.07. The van der Waals surface area contributed by atoms with Crippen LogP contribution in [0.2, 0.25) is 0 Å². The third-order valence-corrected chi connectivity index (χ3v) is 2.83. The van der Waals surface area contributed by atoms with E-state index in [0.717, 1.165) is 11.1 Å². The standard InChI is InChI=1S/C15H13N3O2/c16-9-12-6-3-7-17-15(12)18-10-13-5-2-1-4-11(13)8-14(19)20/h1-7H,8,10H2,(H,17,18)(H,19,20). The molecule has 0 atom stereocenters. The van der Waals surface area contributed by atoms with Gasteiger partial charge in [0.1, 0.15) is 11.9 Å². The van der Waals surface area contributed by atoms with Gasteiger partial charge in [-0.3, -0.25) is 4.79 Å². The molecule has 0 amide bonds. The summed E-state index contributed by atoms with van der Waals surface area (Å²) in [5.74, 6) is -0.367. The smallest absolute Gasteiger partial charge is 0.307 e. The summed E-state index contributed by atoms with van der Waals surface area (Å²) in [4.78, 5) is 14.9. The molecule has 0 unspecified atom stereocenters. The third kappa shape index (κ3) is 3.33. The summed E-state index contributed by atoms with van der Waals surface area (Å²) in [5, 5.41) is 20.9. The molecule has 100 valence electrons. The number of rotatable bonds is 5. The maximum Gasteiger partial charge on any atom is 0.307 e. The first kappa shape index (κ1) is 13.6. The minimum Gasteiger partial charge on any atom is -0.481 e. The molecule has 20 heavy (non-hydrogen) atoms. The average molecular weight is 267 g/mol. The third-order valence-electron chi connectivity index (χ3n) is 2.83. The lowest BCUT2D eigenvalue weighted by atomic mass is 10.0. The van der Waals surface area contributed by atoms with Crippen molar-refractivity contribution in [2.24, 2.45) is 0 Å². The van der Waals surface area contributed by atoms with Crippen LogP contribution in [0.4, 0.5) is 5.82 Å². The van der Waals surface area contributed by atoms with Crippen LogP contribution in [0.25, 0.3) is 0 Å². The summed E-state index contributed by atoms with van der Waals surface area (Å²) in [7, 11) is 0. The van der Waals surface area contributed by atoms with E-state index in [1.165, 1.54) is 0 Å². The van der Waals surface area contributed by atoms with E-state index in [-0.39, 0.29) is 6.42 Å². The molecule has 1 aromatic heterocycles. The number of anilines is 1. The molecule has 0 spiro atoms. The molecule has 0 saturated heterocycles. The summed E-state index contributed by atoms with van der Waals surface area (Å²) in [6.45, 7) is 0.426. The van der Waals surface area contributed by atoms with Gasteiger partial charge in [0.05, 0.1) is 12.0 Å². The Labute approximate surface area is 116 Å². The molecular formula is C15H13N3O2. The molecule has 1 aromatic carbocycles. The lowest BCUT2D eigenvalue weighted by Crippen LogP contribution is -2.08. The van der Waals surface area contributed by atoms with E-state index in [0.29, 0.717) is 17.9 Å². The van der Waals surface area contributed by atoms with Crippen molar-refractivity contribution in [2.75, 3.05) is 5.32 Å². The second-order valence-electron chi connectivity index (χ2n) is 4.20. The van der Waals surface area contributed by atoms with Gasteiger partial charge < -0.3 is 10.4 Å². The van der Waals surface area contributed by atoms with E-state index in [4.69, 9.17) is 10.4 Å². The second kappa shape index (κ2) is 6.34. The molecule has 2 N–H and O–H groups in total. The van der Waals surface area contributed by atoms with Crippen LogP contribution in [-0.4, -0.2) is 16.1 Å². The van der Waals surface area contributed by atoms with E-state index in [9.17, 15) is 4.79 Å². The van der Waals surface area contributed by atoms with E-state index in [1.54, 1.807) is 24.4 Å². The largest absolute Gasteiger partial charge is 0.481 e. The molecular weight excluding hydrogens is 254 g/mol. The summed E-state index contributed by atoms with van der Waals surface area (Å²) in [5.41, 5.74) is 2.09. The van der Waals surface area contributed by atoms with Gasteiger partial charge in [0.15, 0.2) is 0 Å². The Balaban J connectivity index is 2.15. The van der Waals surface area contributed by atoms with E-state index >= 15 is 0 Å². The molecule has 0 saturated carbocycles. The molecule has 0 bridgehead atoms. The monoisotopic (exact) mass is 267 g/mol. The van der Waals surface area contributed by atoms with Crippen LogP contribution < -0.4 is 5.32 Å². The number of nitriles is 1. The number of carboxylic acid groups (broad SMARTS) is 1.